The van der Waals surface area contributed by atoms with E-state index in [-0.39, 0.29) is 25.0 Å². The number of carboxylic acid groups (broad SMARTS) is 1. The minimum Gasteiger partial charge on any atom is -0.481 e. The summed E-state index contributed by atoms with van der Waals surface area (Å²) in [5, 5.41) is 11.5. The molecular formula is C13H22N4O3. The molecule has 0 aliphatic carbocycles. The van der Waals surface area contributed by atoms with Crippen LogP contribution in [0.5, 0.6) is 0 Å². The van der Waals surface area contributed by atoms with Crippen LogP contribution in [0.3, 0.4) is 0 Å². The van der Waals surface area contributed by atoms with Crippen LogP contribution in [-0.2, 0) is 11.2 Å². The molecule has 0 spiro atoms. The second-order valence-corrected chi connectivity index (χ2v) is 4.80. The van der Waals surface area contributed by atoms with E-state index in [1.165, 1.54) is 4.90 Å². The van der Waals surface area contributed by atoms with Gasteiger partial charge in [-0.3, -0.25) is 4.79 Å². The first kappa shape index (κ1) is 16.0. The van der Waals surface area contributed by atoms with Gasteiger partial charge in [-0.05, 0) is 20.3 Å². The first-order valence-corrected chi connectivity index (χ1v) is 6.75. The molecule has 1 aromatic rings. The number of H-pyrrole nitrogens is 1. The van der Waals surface area contributed by atoms with Crippen molar-refractivity contribution in [3.8, 4) is 0 Å². The van der Waals surface area contributed by atoms with Gasteiger partial charge in [0, 0.05) is 37.9 Å². The Kier molecular flexibility index (Phi) is 6.55. The molecule has 1 aromatic heterocycles. The number of aromatic nitrogens is 2. The molecule has 0 radical (unpaired) electrons. The van der Waals surface area contributed by atoms with Crippen molar-refractivity contribution in [1.82, 2.24) is 20.2 Å². The molecule has 0 aliphatic heterocycles. The molecule has 0 saturated carbocycles. The Hall–Kier alpha value is -2.05. The molecule has 1 heterocycles. The van der Waals surface area contributed by atoms with Crippen LogP contribution >= 0.6 is 0 Å². The maximum Gasteiger partial charge on any atom is 0.317 e. The van der Waals surface area contributed by atoms with Crippen LogP contribution in [-0.4, -0.2) is 51.1 Å². The van der Waals surface area contributed by atoms with Crippen LogP contribution in [0.1, 0.15) is 32.5 Å². The Morgan fingerprint density at radius 2 is 2.25 bits per heavy atom. The van der Waals surface area contributed by atoms with Gasteiger partial charge in [0.15, 0.2) is 0 Å². The lowest BCUT2D eigenvalue weighted by molar-refractivity contribution is -0.137. The molecule has 0 atom stereocenters. The lowest BCUT2D eigenvalue weighted by atomic mass is 10.3. The molecule has 112 valence electrons. The van der Waals surface area contributed by atoms with E-state index in [1.807, 2.05) is 13.8 Å². The van der Waals surface area contributed by atoms with Crippen LogP contribution < -0.4 is 5.32 Å². The van der Waals surface area contributed by atoms with E-state index >= 15 is 0 Å². The van der Waals surface area contributed by atoms with Crippen LogP contribution in [0.4, 0.5) is 4.79 Å². The number of nitrogens with zero attached hydrogens (tertiary/aromatic N) is 2. The zero-order chi connectivity index (χ0) is 15.0. The number of aliphatic carboxylic acids is 1. The average molecular weight is 282 g/mol. The third-order valence-electron chi connectivity index (χ3n) is 2.87. The normalized spacial score (nSPS) is 10.6. The molecular weight excluding hydrogens is 260 g/mol. The predicted molar refractivity (Wildman–Crippen MR) is 74.4 cm³/mol. The second kappa shape index (κ2) is 8.19. The number of aromatic amines is 1. The number of nitrogens with one attached hydrogen (secondary N) is 2. The number of hydrogen-bond donors (Lipinski definition) is 3. The molecule has 2 amide bonds. The summed E-state index contributed by atoms with van der Waals surface area (Å²) in [5.74, 6) is -0.00730. The number of imidazole rings is 1. The largest absolute Gasteiger partial charge is 0.481 e. The van der Waals surface area contributed by atoms with E-state index in [4.69, 9.17) is 5.11 Å². The average Bonchev–Trinajstić information content (AvgIpc) is 2.87. The van der Waals surface area contributed by atoms with Crippen molar-refractivity contribution in [2.45, 2.75) is 39.2 Å². The molecule has 7 nitrogen and oxygen atoms in total. The molecule has 0 bridgehead atoms. The minimum atomic E-state index is -0.902. The summed E-state index contributed by atoms with van der Waals surface area (Å²) in [4.78, 5) is 31.2. The number of carbonyl (C=O) groups excluding carboxylic acids is 1. The fourth-order valence-corrected chi connectivity index (χ4v) is 1.80. The van der Waals surface area contributed by atoms with Gasteiger partial charge in [-0.1, -0.05) is 0 Å². The van der Waals surface area contributed by atoms with Crippen molar-refractivity contribution >= 4 is 12.0 Å². The Labute approximate surface area is 118 Å². The lowest BCUT2D eigenvalue weighted by Gasteiger charge is -2.26. The standard InChI is InChI=1S/C13H22N4O3/c1-10(2)17(9-5-12(18)19)13(20)16-6-3-4-11-14-7-8-15-11/h7-8,10H,3-6,9H2,1-2H3,(H,14,15)(H,16,20)(H,18,19). The predicted octanol–water partition coefficient (Wildman–Crippen LogP) is 1.24. The monoisotopic (exact) mass is 282 g/mol. The van der Waals surface area contributed by atoms with Crippen molar-refractivity contribution in [2.24, 2.45) is 0 Å². The number of urea groups is 1. The molecule has 0 aliphatic rings. The lowest BCUT2D eigenvalue weighted by Crippen LogP contribution is -2.45. The van der Waals surface area contributed by atoms with Gasteiger partial charge in [0.25, 0.3) is 0 Å². The van der Waals surface area contributed by atoms with E-state index < -0.39 is 5.97 Å². The highest BCUT2D eigenvalue weighted by atomic mass is 16.4. The first-order valence-electron chi connectivity index (χ1n) is 6.75. The number of carbonyl (C=O) groups is 2. The highest BCUT2D eigenvalue weighted by Gasteiger charge is 2.17. The minimum absolute atomic E-state index is 0.0283. The molecule has 1 rings (SSSR count). The summed E-state index contributed by atoms with van der Waals surface area (Å²) in [6.45, 7) is 4.49. The van der Waals surface area contributed by atoms with Gasteiger partial charge >= 0.3 is 12.0 Å². The number of carboxylic acids is 1. The van der Waals surface area contributed by atoms with Gasteiger partial charge in [0.2, 0.25) is 0 Å². The summed E-state index contributed by atoms with van der Waals surface area (Å²) in [6.07, 6.45) is 4.97. The summed E-state index contributed by atoms with van der Waals surface area (Å²) in [5.41, 5.74) is 0. The molecule has 20 heavy (non-hydrogen) atoms. The van der Waals surface area contributed by atoms with E-state index in [9.17, 15) is 9.59 Å². The topological polar surface area (TPSA) is 98.3 Å². The maximum atomic E-state index is 12.0. The second-order valence-electron chi connectivity index (χ2n) is 4.80. The van der Waals surface area contributed by atoms with Gasteiger partial charge in [-0.25, -0.2) is 9.78 Å². The summed E-state index contributed by atoms with van der Waals surface area (Å²) >= 11 is 0. The van der Waals surface area contributed by atoms with Gasteiger partial charge < -0.3 is 20.3 Å². The molecule has 7 heteroatoms. The van der Waals surface area contributed by atoms with Crippen molar-refractivity contribution in [1.29, 1.82) is 0 Å². The Morgan fingerprint density at radius 3 is 2.80 bits per heavy atom. The SMILES string of the molecule is CC(C)N(CCC(=O)O)C(=O)NCCCc1ncc[nH]1. The fourth-order valence-electron chi connectivity index (χ4n) is 1.80. The molecule has 3 N–H and O–H groups in total. The first-order chi connectivity index (χ1) is 9.50. The van der Waals surface area contributed by atoms with E-state index in [1.54, 1.807) is 12.4 Å². The Morgan fingerprint density at radius 1 is 1.50 bits per heavy atom. The van der Waals surface area contributed by atoms with Crippen molar-refractivity contribution < 1.29 is 14.7 Å². The molecule has 0 fully saturated rings. The van der Waals surface area contributed by atoms with Gasteiger partial charge in [0.1, 0.15) is 5.82 Å². The summed E-state index contributed by atoms with van der Waals surface area (Å²) in [7, 11) is 0. The van der Waals surface area contributed by atoms with Crippen LogP contribution in [0.15, 0.2) is 12.4 Å². The van der Waals surface area contributed by atoms with Crippen molar-refractivity contribution in [3.05, 3.63) is 18.2 Å². The zero-order valence-corrected chi connectivity index (χ0v) is 11.9. The molecule has 0 aromatic carbocycles. The number of aryl methyl sites for hydroxylation is 1. The molecule has 0 saturated heterocycles. The zero-order valence-electron chi connectivity index (χ0n) is 11.9. The van der Waals surface area contributed by atoms with E-state index in [0.29, 0.717) is 6.54 Å². The fraction of sp³-hybridized carbons (Fsp3) is 0.615. The Balaban J connectivity index is 2.28. The van der Waals surface area contributed by atoms with Crippen LogP contribution in [0.25, 0.3) is 0 Å². The smallest absolute Gasteiger partial charge is 0.317 e. The van der Waals surface area contributed by atoms with E-state index in [0.717, 1.165) is 18.7 Å². The third-order valence-corrected chi connectivity index (χ3v) is 2.87. The Bertz CT molecular complexity index is 417. The highest BCUT2D eigenvalue weighted by molar-refractivity contribution is 5.75. The highest BCUT2D eigenvalue weighted by Crippen LogP contribution is 2.01. The van der Waals surface area contributed by atoms with Crippen molar-refractivity contribution in [2.75, 3.05) is 13.1 Å². The number of amides is 2. The maximum absolute atomic E-state index is 12.0. The van der Waals surface area contributed by atoms with Gasteiger partial charge in [-0.15, -0.1) is 0 Å². The quantitative estimate of drug-likeness (QED) is 0.625. The van der Waals surface area contributed by atoms with Gasteiger partial charge in [-0.2, -0.15) is 0 Å². The van der Waals surface area contributed by atoms with Gasteiger partial charge in [0.05, 0.1) is 6.42 Å². The van der Waals surface area contributed by atoms with Crippen LogP contribution in [0.2, 0.25) is 0 Å². The summed E-state index contributed by atoms with van der Waals surface area (Å²) in [6, 6.07) is -0.250. The van der Waals surface area contributed by atoms with E-state index in [2.05, 4.69) is 15.3 Å². The number of hydrogen-bond acceptors (Lipinski definition) is 3. The number of rotatable bonds is 8. The molecule has 0 unspecified atom stereocenters. The van der Waals surface area contributed by atoms with Crippen LogP contribution in [0, 0.1) is 0 Å². The van der Waals surface area contributed by atoms with Crippen molar-refractivity contribution in [3.63, 3.8) is 0 Å². The third kappa shape index (κ3) is 5.73. The summed E-state index contributed by atoms with van der Waals surface area (Å²) < 4.78 is 0.